The van der Waals surface area contributed by atoms with E-state index in [1.165, 1.54) is 12.7 Å². The van der Waals surface area contributed by atoms with E-state index in [2.05, 4.69) is 11.4 Å². The maximum Gasteiger partial charge on any atom is 0.328 e. The highest BCUT2D eigenvalue weighted by molar-refractivity contribution is 5.82. The fourth-order valence-electron chi connectivity index (χ4n) is 2.25. The van der Waals surface area contributed by atoms with Crippen LogP contribution in [0.1, 0.15) is 11.1 Å². The lowest BCUT2D eigenvalue weighted by atomic mass is 10.0. The Labute approximate surface area is 117 Å². The van der Waals surface area contributed by atoms with Gasteiger partial charge in [-0.05, 0) is 17.5 Å². The molecule has 1 unspecified atom stereocenters. The number of amides is 2. The van der Waals surface area contributed by atoms with Crippen LogP contribution < -0.4 is 5.32 Å². The molecule has 1 aliphatic rings. The predicted molar refractivity (Wildman–Crippen MR) is 72.4 cm³/mol. The first-order chi connectivity index (χ1) is 9.61. The van der Waals surface area contributed by atoms with Crippen molar-refractivity contribution in [1.82, 2.24) is 10.2 Å². The summed E-state index contributed by atoms with van der Waals surface area (Å²) in [5, 5.41) is 11.5. The molecule has 1 aromatic rings. The molecule has 6 heteroatoms. The van der Waals surface area contributed by atoms with Crippen LogP contribution >= 0.6 is 0 Å². The summed E-state index contributed by atoms with van der Waals surface area (Å²) >= 11 is 0. The van der Waals surface area contributed by atoms with Crippen molar-refractivity contribution in [3.05, 3.63) is 35.4 Å². The summed E-state index contributed by atoms with van der Waals surface area (Å²) in [7, 11) is 1.40. The van der Waals surface area contributed by atoms with Crippen LogP contribution in [0.25, 0.3) is 0 Å². The van der Waals surface area contributed by atoms with E-state index in [0.29, 0.717) is 13.1 Å². The van der Waals surface area contributed by atoms with Gasteiger partial charge in [0.2, 0.25) is 0 Å². The Balaban J connectivity index is 1.99. The van der Waals surface area contributed by atoms with Crippen molar-refractivity contribution in [1.29, 1.82) is 0 Å². The van der Waals surface area contributed by atoms with Gasteiger partial charge in [0.05, 0.1) is 6.61 Å². The maximum atomic E-state index is 12.1. The molecule has 0 aliphatic carbocycles. The van der Waals surface area contributed by atoms with E-state index < -0.39 is 12.0 Å². The molecule has 0 bridgehead atoms. The number of methoxy groups -OCH3 is 1. The van der Waals surface area contributed by atoms with Crippen molar-refractivity contribution in [3.63, 3.8) is 0 Å². The highest BCUT2D eigenvalue weighted by Gasteiger charge is 2.25. The number of fused-ring (bicyclic) bond motifs is 1. The number of carbonyl (C=O) groups is 2. The minimum atomic E-state index is -1.10. The summed E-state index contributed by atoms with van der Waals surface area (Å²) in [6.45, 7) is 1.04. The Morgan fingerprint density at radius 3 is 2.75 bits per heavy atom. The van der Waals surface area contributed by atoms with Crippen LogP contribution in [0.3, 0.4) is 0 Å². The zero-order valence-corrected chi connectivity index (χ0v) is 11.3. The number of hydrogen-bond donors (Lipinski definition) is 2. The van der Waals surface area contributed by atoms with Gasteiger partial charge in [0, 0.05) is 20.2 Å². The van der Waals surface area contributed by atoms with Crippen LogP contribution in [-0.2, 0) is 22.5 Å². The SMILES string of the molecule is COCC(NC(=O)N1CCc2ccccc2C1)C(=O)O. The Morgan fingerprint density at radius 1 is 1.40 bits per heavy atom. The third-order valence-electron chi connectivity index (χ3n) is 3.35. The van der Waals surface area contributed by atoms with Crippen molar-refractivity contribution in [2.45, 2.75) is 19.0 Å². The van der Waals surface area contributed by atoms with Gasteiger partial charge >= 0.3 is 12.0 Å². The molecule has 1 aliphatic heterocycles. The van der Waals surface area contributed by atoms with Crippen LogP contribution in [-0.4, -0.2) is 48.3 Å². The van der Waals surface area contributed by atoms with Gasteiger partial charge in [-0.25, -0.2) is 9.59 Å². The first-order valence-corrected chi connectivity index (χ1v) is 6.45. The maximum absolute atomic E-state index is 12.1. The lowest BCUT2D eigenvalue weighted by Crippen LogP contribution is -2.50. The molecule has 1 atom stereocenters. The molecule has 20 heavy (non-hydrogen) atoms. The molecule has 2 rings (SSSR count). The molecule has 6 nitrogen and oxygen atoms in total. The molecular formula is C14H18N2O4. The van der Waals surface area contributed by atoms with Gasteiger partial charge in [-0.3, -0.25) is 0 Å². The highest BCUT2D eigenvalue weighted by Crippen LogP contribution is 2.18. The lowest BCUT2D eigenvalue weighted by molar-refractivity contribution is -0.140. The third kappa shape index (κ3) is 3.27. The Kier molecular flexibility index (Phi) is 4.57. The van der Waals surface area contributed by atoms with Crippen molar-refractivity contribution >= 4 is 12.0 Å². The Bertz CT molecular complexity index is 504. The Hall–Kier alpha value is -2.08. The smallest absolute Gasteiger partial charge is 0.328 e. The molecule has 1 heterocycles. The quantitative estimate of drug-likeness (QED) is 0.856. The van der Waals surface area contributed by atoms with Gasteiger partial charge in [0.25, 0.3) is 0 Å². The number of rotatable bonds is 4. The number of benzene rings is 1. The highest BCUT2D eigenvalue weighted by atomic mass is 16.5. The van der Waals surface area contributed by atoms with Crippen LogP contribution in [0.4, 0.5) is 4.79 Å². The number of nitrogens with one attached hydrogen (secondary N) is 1. The second-order valence-electron chi connectivity index (χ2n) is 4.74. The average molecular weight is 278 g/mol. The first-order valence-electron chi connectivity index (χ1n) is 6.45. The normalized spacial score (nSPS) is 15.3. The summed E-state index contributed by atoms with van der Waals surface area (Å²) in [5.74, 6) is -1.10. The molecule has 0 saturated carbocycles. The number of carboxylic acid groups (broad SMARTS) is 1. The van der Waals surface area contributed by atoms with E-state index >= 15 is 0 Å². The van der Waals surface area contributed by atoms with E-state index in [1.807, 2.05) is 18.2 Å². The van der Waals surface area contributed by atoms with Gasteiger partial charge < -0.3 is 20.1 Å². The summed E-state index contributed by atoms with van der Waals surface area (Å²) in [6, 6.07) is 6.56. The lowest BCUT2D eigenvalue weighted by Gasteiger charge is -2.30. The van der Waals surface area contributed by atoms with Gasteiger partial charge in [-0.15, -0.1) is 0 Å². The van der Waals surface area contributed by atoms with Crippen LogP contribution in [0.15, 0.2) is 24.3 Å². The predicted octanol–water partition coefficient (Wildman–Crippen LogP) is 0.854. The minimum absolute atomic E-state index is 0.0501. The molecule has 2 N–H and O–H groups in total. The van der Waals surface area contributed by atoms with E-state index in [9.17, 15) is 9.59 Å². The fraction of sp³-hybridized carbons (Fsp3) is 0.429. The number of aliphatic carboxylic acids is 1. The number of urea groups is 1. The van der Waals surface area contributed by atoms with Crippen molar-refractivity contribution in [3.8, 4) is 0 Å². The number of carbonyl (C=O) groups excluding carboxylic acids is 1. The average Bonchev–Trinajstić information content (AvgIpc) is 2.46. The monoisotopic (exact) mass is 278 g/mol. The molecule has 0 fully saturated rings. The van der Waals surface area contributed by atoms with Crippen LogP contribution in [0, 0.1) is 0 Å². The second-order valence-corrected chi connectivity index (χ2v) is 4.74. The summed E-state index contributed by atoms with van der Waals surface area (Å²) in [6.07, 6.45) is 0.783. The summed E-state index contributed by atoms with van der Waals surface area (Å²) in [5.41, 5.74) is 2.34. The second kappa shape index (κ2) is 6.38. The van der Waals surface area contributed by atoms with E-state index in [4.69, 9.17) is 9.84 Å². The molecule has 2 amide bonds. The molecule has 0 radical (unpaired) electrons. The number of nitrogens with zero attached hydrogens (tertiary/aromatic N) is 1. The zero-order valence-electron chi connectivity index (χ0n) is 11.3. The van der Waals surface area contributed by atoms with E-state index in [-0.39, 0.29) is 12.6 Å². The number of carboxylic acids is 1. The van der Waals surface area contributed by atoms with E-state index in [1.54, 1.807) is 4.90 Å². The van der Waals surface area contributed by atoms with Gasteiger partial charge in [-0.1, -0.05) is 24.3 Å². The van der Waals surface area contributed by atoms with Crippen LogP contribution in [0.5, 0.6) is 0 Å². The first kappa shape index (κ1) is 14.3. The Morgan fingerprint density at radius 2 is 2.10 bits per heavy atom. The topological polar surface area (TPSA) is 78.9 Å². The molecule has 1 aromatic carbocycles. The molecule has 0 saturated heterocycles. The van der Waals surface area contributed by atoms with Crippen molar-refractivity contribution < 1.29 is 19.4 Å². The molecule has 108 valence electrons. The zero-order chi connectivity index (χ0) is 14.5. The van der Waals surface area contributed by atoms with Gasteiger partial charge in [0.1, 0.15) is 0 Å². The van der Waals surface area contributed by atoms with Gasteiger partial charge in [-0.2, -0.15) is 0 Å². The standard InChI is InChI=1S/C14H18N2O4/c1-20-9-12(13(17)18)15-14(19)16-7-6-10-4-2-3-5-11(10)8-16/h2-5,12H,6-9H2,1H3,(H,15,19)(H,17,18). The largest absolute Gasteiger partial charge is 0.480 e. The molecule has 0 aromatic heterocycles. The van der Waals surface area contributed by atoms with Gasteiger partial charge in [0.15, 0.2) is 6.04 Å². The van der Waals surface area contributed by atoms with Crippen molar-refractivity contribution in [2.75, 3.05) is 20.3 Å². The van der Waals surface area contributed by atoms with E-state index in [0.717, 1.165) is 12.0 Å². The molecule has 0 spiro atoms. The third-order valence-corrected chi connectivity index (χ3v) is 3.35. The van der Waals surface area contributed by atoms with Crippen molar-refractivity contribution in [2.24, 2.45) is 0 Å². The number of ether oxygens (including phenoxy) is 1. The molecular weight excluding hydrogens is 260 g/mol. The summed E-state index contributed by atoms with van der Waals surface area (Å²) < 4.78 is 4.80. The summed E-state index contributed by atoms with van der Waals surface area (Å²) in [4.78, 5) is 24.7. The fourth-order valence-corrected chi connectivity index (χ4v) is 2.25. The number of hydrogen-bond acceptors (Lipinski definition) is 3. The van der Waals surface area contributed by atoms with Crippen LogP contribution in [0.2, 0.25) is 0 Å². The minimum Gasteiger partial charge on any atom is -0.480 e.